The summed E-state index contributed by atoms with van der Waals surface area (Å²) in [7, 11) is 0. The molecule has 0 aromatic heterocycles. The average molecular weight is 344 g/mol. The van der Waals surface area contributed by atoms with E-state index in [1.165, 1.54) is 4.90 Å². The van der Waals surface area contributed by atoms with Crippen molar-refractivity contribution in [2.45, 2.75) is 19.3 Å². The molecule has 5 nitrogen and oxygen atoms in total. The van der Waals surface area contributed by atoms with Crippen LogP contribution < -0.4 is 11.1 Å². The van der Waals surface area contributed by atoms with Crippen LogP contribution in [0.3, 0.4) is 0 Å². The van der Waals surface area contributed by atoms with Crippen molar-refractivity contribution in [3.05, 3.63) is 33.8 Å². The van der Waals surface area contributed by atoms with Crippen LogP contribution in [0.4, 0.5) is 4.79 Å². The Morgan fingerprint density at radius 2 is 1.95 bits per heavy atom. The Labute approximate surface area is 139 Å². The summed E-state index contributed by atoms with van der Waals surface area (Å²) in [5.41, 5.74) is 6.24. The summed E-state index contributed by atoms with van der Waals surface area (Å²) in [6.07, 6.45) is 2.22. The molecule has 0 saturated carbocycles. The van der Waals surface area contributed by atoms with Gasteiger partial charge in [-0.3, -0.25) is 4.79 Å². The van der Waals surface area contributed by atoms with Crippen molar-refractivity contribution < 1.29 is 9.59 Å². The molecule has 1 fully saturated rings. The van der Waals surface area contributed by atoms with Gasteiger partial charge >= 0.3 is 6.03 Å². The Kier molecular flexibility index (Phi) is 5.91. The lowest BCUT2D eigenvalue weighted by Gasteiger charge is -2.30. The molecule has 1 heterocycles. The predicted molar refractivity (Wildman–Crippen MR) is 87.1 cm³/mol. The molecular weight excluding hydrogens is 325 g/mol. The number of nitrogens with two attached hydrogens (primary N) is 1. The predicted octanol–water partition coefficient (Wildman–Crippen LogP) is 2.44. The third-order valence-corrected chi connectivity index (χ3v) is 4.18. The van der Waals surface area contributed by atoms with Crippen molar-refractivity contribution in [1.29, 1.82) is 0 Å². The standard InChI is InChI=1S/C15H19Cl2N3O2/c16-12-6-10(7-13(17)8-12)3-4-19-14(21)11-2-1-5-20(9-11)15(18)22/h6-8,11H,1-5,9H2,(H2,18,22)(H,19,21). The average Bonchev–Trinajstić information content (AvgIpc) is 2.46. The molecule has 1 aliphatic rings. The van der Waals surface area contributed by atoms with Crippen molar-refractivity contribution in [1.82, 2.24) is 10.2 Å². The summed E-state index contributed by atoms with van der Waals surface area (Å²) in [6, 6.07) is 4.86. The number of hydrogen-bond acceptors (Lipinski definition) is 2. The number of rotatable bonds is 4. The summed E-state index contributed by atoms with van der Waals surface area (Å²) >= 11 is 11.9. The maximum atomic E-state index is 12.1. The smallest absolute Gasteiger partial charge is 0.314 e. The molecule has 0 aliphatic carbocycles. The van der Waals surface area contributed by atoms with Crippen LogP contribution in [0, 0.1) is 5.92 Å². The molecule has 1 saturated heterocycles. The number of amides is 3. The molecule has 2 rings (SSSR count). The zero-order valence-electron chi connectivity index (χ0n) is 12.1. The number of urea groups is 1. The highest BCUT2D eigenvalue weighted by molar-refractivity contribution is 6.34. The van der Waals surface area contributed by atoms with E-state index in [1.54, 1.807) is 6.07 Å². The monoisotopic (exact) mass is 343 g/mol. The number of nitrogens with zero attached hydrogens (tertiary/aromatic N) is 1. The van der Waals surface area contributed by atoms with Crippen LogP contribution in [0.5, 0.6) is 0 Å². The zero-order valence-corrected chi connectivity index (χ0v) is 13.7. The Morgan fingerprint density at radius 3 is 2.59 bits per heavy atom. The van der Waals surface area contributed by atoms with Crippen molar-refractivity contribution in [3.63, 3.8) is 0 Å². The van der Waals surface area contributed by atoms with Crippen LogP contribution in [0.25, 0.3) is 0 Å². The SMILES string of the molecule is NC(=O)N1CCCC(C(=O)NCCc2cc(Cl)cc(Cl)c2)C1. The number of carbonyl (C=O) groups is 2. The number of halogens is 2. The summed E-state index contributed by atoms with van der Waals surface area (Å²) in [4.78, 5) is 24.8. The Morgan fingerprint density at radius 1 is 1.27 bits per heavy atom. The first-order valence-electron chi connectivity index (χ1n) is 7.23. The molecule has 22 heavy (non-hydrogen) atoms. The van der Waals surface area contributed by atoms with Crippen LogP contribution in [0.2, 0.25) is 10.0 Å². The van der Waals surface area contributed by atoms with Gasteiger partial charge in [-0.05, 0) is 43.0 Å². The third kappa shape index (κ3) is 4.78. The summed E-state index contributed by atoms with van der Waals surface area (Å²) in [5.74, 6) is -0.233. The molecule has 0 radical (unpaired) electrons. The van der Waals surface area contributed by atoms with E-state index < -0.39 is 6.03 Å². The van der Waals surface area contributed by atoms with Crippen LogP contribution in [-0.4, -0.2) is 36.5 Å². The van der Waals surface area contributed by atoms with Crippen LogP contribution in [0.15, 0.2) is 18.2 Å². The summed E-state index contributed by atoms with van der Waals surface area (Å²) in [6.45, 7) is 1.52. The highest BCUT2D eigenvalue weighted by Crippen LogP contribution is 2.19. The maximum Gasteiger partial charge on any atom is 0.314 e. The molecule has 1 aliphatic heterocycles. The molecule has 1 aromatic rings. The van der Waals surface area contributed by atoms with Crippen LogP contribution >= 0.6 is 23.2 Å². The minimum atomic E-state index is -0.467. The van der Waals surface area contributed by atoms with Crippen molar-refractivity contribution in [2.24, 2.45) is 11.7 Å². The molecule has 7 heteroatoms. The van der Waals surface area contributed by atoms with E-state index in [4.69, 9.17) is 28.9 Å². The normalized spacial score (nSPS) is 18.1. The first-order valence-corrected chi connectivity index (χ1v) is 7.98. The van der Waals surface area contributed by atoms with Crippen LogP contribution in [-0.2, 0) is 11.2 Å². The number of primary amides is 1. The molecule has 1 unspecified atom stereocenters. The second-order valence-electron chi connectivity index (χ2n) is 5.44. The fourth-order valence-corrected chi connectivity index (χ4v) is 3.19. The highest BCUT2D eigenvalue weighted by atomic mass is 35.5. The third-order valence-electron chi connectivity index (χ3n) is 3.74. The van der Waals surface area contributed by atoms with E-state index in [0.29, 0.717) is 36.1 Å². The fraction of sp³-hybridized carbons (Fsp3) is 0.467. The lowest BCUT2D eigenvalue weighted by atomic mass is 9.97. The molecule has 1 aromatic carbocycles. The van der Waals surface area contributed by atoms with E-state index >= 15 is 0 Å². The summed E-state index contributed by atoms with van der Waals surface area (Å²) < 4.78 is 0. The zero-order chi connectivity index (χ0) is 16.1. The molecule has 1 atom stereocenters. The second kappa shape index (κ2) is 7.70. The van der Waals surface area contributed by atoms with E-state index in [9.17, 15) is 9.59 Å². The van der Waals surface area contributed by atoms with Gasteiger partial charge in [0.2, 0.25) is 5.91 Å². The molecule has 0 spiro atoms. The lowest BCUT2D eigenvalue weighted by molar-refractivity contribution is -0.126. The number of carbonyl (C=O) groups excluding carboxylic acids is 2. The van der Waals surface area contributed by atoms with Gasteiger partial charge in [0.25, 0.3) is 0 Å². The van der Waals surface area contributed by atoms with Gasteiger partial charge < -0.3 is 16.0 Å². The molecule has 3 N–H and O–H groups in total. The topological polar surface area (TPSA) is 75.4 Å². The van der Waals surface area contributed by atoms with Crippen molar-refractivity contribution >= 4 is 35.1 Å². The van der Waals surface area contributed by atoms with Gasteiger partial charge in [0.1, 0.15) is 0 Å². The van der Waals surface area contributed by atoms with E-state index in [-0.39, 0.29) is 11.8 Å². The van der Waals surface area contributed by atoms with Gasteiger partial charge in [-0.15, -0.1) is 0 Å². The first kappa shape index (κ1) is 16.9. The largest absolute Gasteiger partial charge is 0.355 e. The van der Waals surface area contributed by atoms with E-state index in [0.717, 1.165) is 18.4 Å². The first-order chi connectivity index (χ1) is 10.5. The molecule has 120 valence electrons. The van der Waals surface area contributed by atoms with Gasteiger partial charge in [0, 0.05) is 29.7 Å². The van der Waals surface area contributed by atoms with Gasteiger partial charge in [-0.1, -0.05) is 23.2 Å². The Bertz CT molecular complexity index is 545. The minimum Gasteiger partial charge on any atom is -0.355 e. The van der Waals surface area contributed by atoms with Crippen LogP contribution in [0.1, 0.15) is 18.4 Å². The van der Waals surface area contributed by atoms with Gasteiger partial charge in [-0.2, -0.15) is 0 Å². The van der Waals surface area contributed by atoms with Gasteiger partial charge in [-0.25, -0.2) is 4.79 Å². The Balaban J connectivity index is 1.81. The Hall–Kier alpha value is -1.46. The lowest BCUT2D eigenvalue weighted by Crippen LogP contribution is -2.47. The van der Waals surface area contributed by atoms with Crippen molar-refractivity contribution in [3.8, 4) is 0 Å². The molecule has 3 amide bonds. The summed E-state index contributed by atoms with van der Waals surface area (Å²) in [5, 5.41) is 4.06. The van der Waals surface area contributed by atoms with Crippen molar-refractivity contribution in [2.75, 3.05) is 19.6 Å². The van der Waals surface area contributed by atoms with E-state index in [1.807, 2.05) is 12.1 Å². The minimum absolute atomic E-state index is 0.0425. The molecule has 0 bridgehead atoms. The highest BCUT2D eigenvalue weighted by Gasteiger charge is 2.27. The number of nitrogens with one attached hydrogen (secondary N) is 1. The fourth-order valence-electron chi connectivity index (χ4n) is 2.62. The number of hydrogen-bond donors (Lipinski definition) is 2. The quantitative estimate of drug-likeness (QED) is 0.880. The number of likely N-dealkylation sites (tertiary alicyclic amines) is 1. The van der Waals surface area contributed by atoms with E-state index in [2.05, 4.69) is 5.32 Å². The van der Waals surface area contributed by atoms with Gasteiger partial charge in [0.05, 0.1) is 5.92 Å². The van der Waals surface area contributed by atoms with Gasteiger partial charge in [0.15, 0.2) is 0 Å². The number of benzene rings is 1. The maximum absolute atomic E-state index is 12.1. The molecular formula is C15H19Cl2N3O2. The number of piperidine rings is 1. The second-order valence-corrected chi connectivity index (χ2v) is 6.32.